The summed E-state index contributed by atoms with van der Waals surface area (Å²) in [6.45, 7) is 14.1. The summed E-state index contributed by atoms with van der Waals surface area (Å²) in [5, 5.41) is 1.000. The van der Waals surface area contributed by atoms with E-state index in [2.05, 4.69) is 39.5 Å². The molecule has 1 heterocycles. The summed E-state index contributed by atoms with van der Waals surface area (Å²) in [7, 11) is 0. The van der Waals surface area contributed by atoms with Gasteiger partial charge in [0.25, 0.3) is 0 Å². The number of fused-ring (bicyclic) bond motifs is 2. The highest BCUT2D eigenvalue weighted by Crippen LogP contribution is 2.61. The molecular weight excluding hydrogens is 284 g/mol. The van der Waals surface area contributed by atoms with Crippen molar-refractivity contribution >= 4 is 11.8 Å². The summed E-state index contributed by atoms with van der Waals surface area (Å²) < 4.78 is 0. The second-order valence-electron chi connectivity index (χ2n) is 6.82. The standard InChI is InChI=1S/C15H26S.C2H6.4CH4/c1-8-5-6-16-15(8)14-11(4)12-7-13(14)10(3)9(12)2;1-2;;;;/h8-15H,5-7H2,1-4H3;1-2H3;4*1H4. The summed E-state index contributed by atoms with van der Waals surface area (Å²) in [5.41, 5.74) is 0. The summed E-state index contributed by atoms with van der Waals surface area (Å²) in [4.78, 5) is 0. The third-order valence-electron chi connectivity index (χ3n) is 6.32. The van der Waals surface area contributed by atoms with Crippen molar-refractivity contribution in [1.29, 1.82) is 0 Å². The molecule has 0 aromatic rings. The van der Waals surface area contributed by atoms with Gasteiger partial charge in [-0.25, -0.2) is 0 Å². The molecule has 2 saturated carbocycles. The van der Waals surface area contributed by atoms with Gasteiger partial charge in [-0.1, -0.05) is 71.2 Å². The summed E-state index contributed by atoms with van der Waals surface area (Å²) in [6.07, 6.45) is 3.03. The lowest BCUT2D eigenvalue weighted by molar-refractivity contribution is 0.116. The Labute approximate surface area is 148 Å². The number of hydrogen-bond donors (Lipinski definition) is 0. The molecule has 0 nitrogen and oxygen atoms in total. The van der Waals surface area contributed by atoms with Crippen LogP contribution in [0, 0.1) is 41.4 Å². The van der Waals surface area contributed by atoms with Crippen molar-refractivity contribution in [1.82, 2.24) is 0 Å². The maximum atomic E-state index is 2.56. The molecule has 3 fully saturated rings. The zero-order valence-corrected chi connectivity index (χ0v) is 14.0. The molecule has 1 aliphatic heterocycles. The van der Waals surface area contributed by atoms with E-state index < -0.39 is 0 Å². The number of rotatable bonds is 1. The summed E-state index contributed by atoms with van der Waals surface area (Å²) >= 11 is 2.29. The Morgan fingerprint density at radius 3 is 1.64 bits per heavy atom. The van der Waals surface area contributed by atoms with Gasteiger partial charge in [0.1, 0.15) is 0 Å². The van der Waals surface area contributed by atoms with Gasteiger partial charge in [-0.15, -0.1) is 0 Å². The smallest absolute Gasteiger partial charge is 0.0107 e. The Morgan fingerprint density at radius 1 is 0.727 bits per heavy atom. The van der Waals surface area contributed by atoms with Gasteiger partial charge in [-0.3, -0.25) is 0 Å². The SMILES string of the molecule is C.C.C.C.CC.CC1CCSC1C1C(C)C2CC1C(C)C2C. The molecule has 1 saturated heterocycles. The lowest BCUT2D eigenvalue weighted by Crippen LogP contribution is -2.37. The molecule has 2 bridgehead atoms. The van der Waals surface area contributed by atoms with E-state index in [1.54, 1.807) is 6.42 Å². The van der Waals surface area contributed by atoms with E-state index in [9.17, 15) is 0 Å². The first-order valence-corrected chi connectivity index (χ1v) is 9.27. The molecule has 8 atom stereocenters. The van der Waals surface area contributed by atoms with Crippen LogP contribution in [0.1, 0.15) is 84.1 Å². The number of hydrogen-bond acceptors (Lipinski definition) is 1. The van der Waals surface area contributed by atoms with Crippen LogP contribution in [-0.2, 0) is 0 Å². The van der Waals surface area contributed by atoms with E-state index in [1.807, 2.05) is 13.8 Å². The molecule has 0 amide bonds. The van der Waals surface area contributed by atoms with Gasteiger partial charge >= 0.3 is 0 Å². The van der Waals surface area contributed by atoms with E-state index in [4.69, 9.17) is 0 Å². The van der Waals surface area contributed by atoms with Crippen molar-refractivity contribution in [3.63, 3.8) is 0 Å². The van der Waals surface area contributed by atoms with Crippen LogP contribution in [0.2, 0.25) is 0 Å². The van der Waals surface area contributed by atoms with Crippen molar-refractivity contribution in [2.45, 2.75) is 89.3 Å². The van der Waals surface area contributed by atoms with E-state index in [0.29, 0.717) is 0 Å². The molecule has 0 N–H and O–H groups in total. The quantitative estimate of drug-likeness (QED) is 0.470. The average Bonchev–Trinajstić information content (AvgIpc) is 3.00. The van der Waals surface area contributed by atoms with Crippen LogP contribution in [0.5, 0.6) is 0 Å². The molecule has 3 rings (SSSR count). The van der Waals surface area contributed by atoms with Crippen LogP contribution in [0.25, 0.3) is 0 Å². The summed E-state index contributed by atoms with van der Waals surface area (Å²) in [5.74, 6) is 8.59. The maximum absolute atomic E-state index is 2.56. The Morgan fingerprint density at radius 2 is 1.23 bits per heavy atom. The zero-order valence-electron chi connectivity index (χ0n) is 13.1. The van der Waals surface area contributed by atoms with Crippen molar-refractivity contribution in [2.75, 3.05) is 5.75 Å². The van der Waals surface area contributed by atoms with Gasteiger partial charge in [-0.2, -0.15) is 11.8 Å². The second-order valence-corrected chi connectivity index (χ2v) is 8.11. The molecule has 138 valence electrons. The van der Waals surface area contributed by atoms with Gasteiger partial charge in [0.15, 0.2) is 0 Å². The van der Waals surface area contributed by atoms with Crippen LogP contribution in [-0.4, -0.2) is 11.0 Å². The van der Waals surface area contributed by atoms with Gasteiger partial charge in [0, 0.05) is 5.25 Å². The van der Waals surface area contributed by atoms with Crippen LogP contribution < -0.4 is 0 Å². The van der Waals surface area contributed by atoms with E-state index in [-0.39, 0.29) is 29.7 Å². The van der Waals surface area contributed by atoms with Crippen LogP contribution in [0.3, 0.4) is 0 Å². The molecule has 0 aromatic carbocycles. The first-order valence-electron chi connectivity index (χ1n) is 8.23. The van der Waals surface area contributed by atoms with Crippen molar-refractivity contribution < 1.29 is 0 Å². The van der Waals surface area contributed by atoms with Gasteiger partial charge in [0.05, 0.1) is 0 Å². The number of thioether (sulfide) groups is 1. The molecule has 3 aliphatic rings. The second kappa shape index (κ2) is 11.0. The predicted octanol–water partition coefficient (Wildman–Crippen LogP) is 7.87. The van der Waals surface area contributed by atoms with Crippen molar-refractivity contribution in [3.05, 3.63) is 0 Å². The average molecular weight is 333 g/mol. The van der Waals surface area contributed by atoms with Gasteiger partial charge < -0.3 is 0 Å². The first-order chi connectivity index (χ1) is 8.61. The fourth-order valence-electron chi connectivity index (χ4n) is 5.15. The first kappa shape index (κ1) is 27.2. The molecular formula is C21H48S. The zero-order chi connectivity index (χ0) is 13.4. The molecule has 2 aliphatic carbocycles. The van der Waals surface area contributed by atoms with Crippen LogP contribution in [0.15, 0.2) is 0 Å². The maximum Gasteiger partial charge on any atom is 0.0107 e. The van der Waals surface area contributed by atoms with Gasteiger partial charge in [0.2, 0.25) is 0 Å². The Bertz CT molecular complexity index is 275. The van der Waals surface area contributed by atoms with Crippen molar-refractivity contribution in [2.24, 2.45) is 41.4 Å². The third kappa shape index (κ3) is 4.25. The minimum absolute atomic E-state index is 0. The molecule has 1 heteroatoms. The highest BCUT2D eigenvalue weighted by atomic mass is 32.2. The Balaban J connectivity index is -0.000000579. The monoisotopic (exact) mass is 332 g/mol. The largest absolute Gasteiger partial charge is 0.158 e. The molecule has 8 unspecified atom stereocenters. The van der Waals surface area contributed by atoms with E-state index in [0.717, 1.165) is 46.7 Å². The van der Waals surface area contributed by atoms with Crippen molar-refractivity contribution in [3.8, 4) is 0 Å². The molecule has 0 radical (unpaired) electrons. The summed E-state index contributed by atoms with van der Waals surface area (Å²) in [6, 6.07) is 0. The van der Waals surface area contributed by atoms with Crippen LogP contribution >= 0.6 is 11.8 Å². The van der Waals surface area contributed by atoms with Gasteiger partial charge in [-0.05, 0) is 60.0 Å². The fourth-order valence-corrected chi connectivity index (χ4v) is 7.07. The lowest BCUT2D eigenvalue weighted by Gasteiger charge is -2.41. The minimum Gasteiger partial charge on any atom is -0.158 e. The predicted molar refractivity (Wildman–Crippen MR) is 111 cm³/mol. The fraction of sp³-hybridized carbons (Fsp3) is 1.00. The molecule has 0 spiro atoms. The topological polar surface area (TPSA) is 0 Å². The molecule has 0 aromatic heterocycles. The lowest BCUT2D eigenvalue weighted by atomic mass is 9.67. The normalized spacial score (nSPS) is 44.5. The highest BCUT2D eigenvalue weighted by Gasteiger charge is 2.56. The third-order valence-corrected chi connectivity index (χ3v) is 7.96. The Kier molecular flexibility index (Phi) is 13.6. The minimum atomic E-state index is 0. The van der Waals surface area contributed by atoms with E-state index >= 15 is 0 Å². The van der Waals surface area contributed by atoms with E-state index in [1.165, 1.54) is 12.2 Å². The highest BCUT2D eigenvalue weighted by molar-refractivity contribution is 8.00. The Hall–Kier alpha value is 0.350. The van der Waals surface area contributed by atoms with Crippen LogP contribution in [0.4, 0.5) is 0 Å². The molecule has 22 heavy (non-hydrogen) atoms.